The minimum atomic E-state index is -4.36. The molecule has 4 aromatic rings. The molecule has 0 saturated heterocycles. The lowest BCUT2D eigenvalue weighted by molar-refractivity contribution is -0.137. The van der Waals surface area contributed by atoms with E-state index in [1.54, 1.807) is 17.8 Å². The Morgan fingerprint density at radius 1 is 1.10 bits per heavy atom. The maximum absolute atomic E-state index is 13.0. The zero-order valence-corrected chi connectivity index (χ0v) is 23.4. The van der Waals surface area contributed by atoms with Crippen LogP contribution in [-0.2, 0) is 12.7 Å². The Morgan fingerprint density at radius 3 is 2.38 bits per heavy atom. The first kappa shape index (κ1) is 28.6. The monoisotopic (exact) mass is 575 g/mol. The molecule has 0 spiro atoms. The molecular weight excluding hydrogens is 547 g/mol. The highest BCUT2D eigenvalue weighted by Gasteiger charge is 2.30. The fourth-order valence-corrected chi connectivity index (χ4v) is 6.82. The van der Waals surface area contributed by atoms with Crippen LogP contribution >= 0.6 is 23.1 Å². The van der Waals surface area contributed by atoms with Gasteiger partial charge in [-0.15, -0.1) is 33.3 Å². The summed E-state index contributed by atoms with van der Waals surface area (Å²) < 4.78 is 44.4. The molecule has 12 heteroatoms. The molecule has 0 saturated carbocycles. The molecule has 0 radical (unpaired) electrons. The summed E-state index contributed by atoms with van der Waals surface area (Å²) in [7, 11) is 0. The number of alkyl halides is 3. The van der Waals surface area contributed by atoms with Crippen molar-refractivity contribution in [1.82, 2.24) is 25.9 Å². The van der Waals surface area contributed by atoms with Crippen LogP contribution in [0.3, 0.4) is 0 Å². The van der Waals surface area contributed by atoms with Crippen molar-refractivity contribution in [1.29, 1.82) is 0 Å². The average molecular weight is 576 g/mol. The van der Waals surface area contributed by atoms with Crippen molar-refractivity contribution in [3.63, 3.8) is 0 Å². The first-order valence-corrected chi connectivity index (χ1v) is 13.9. The maximum atomic E-state index is 13.0. The third-order valence-corrected chi connectivity index (χ3v) is 8.33. The Balaban J connectivity index is 1.48. The lowest BCUT2D eigenvalue weighted by Crippen LogP contribution is -2.26. The number of hydrogen-bond donors (Lipinski definition) is 2. The molecule has 0 bridgehead atoms. The molecule has 1 atom stereocenters. The molecule has 1 amide bonds. The number of thiophene rings is 1. The predicted octanol–water partition coefficient (Wildman–Crippen LogP) is 7.73. The number of ether oxygens (including phenoxy) is 1. The number of hydrogen-bond acceptors (Lipinski definition) is 7. The standard InChI is InChI=1S/C27H28F3N5O2S2/c1-15(2)11-22(21-9-10-24(39-21)37-26(36)31-14-23-32-34-35-33-23)38-20-12-16(3)25(17(4)13-20)18-5-7-19(8-6-18)27(28,29)30/h5-10,12-13,15,22H,11,14H2,1-4H3,(H,31,36)(H,32,33,34,35). The van der Waals surface area contributed by atoms with E-state index in [9.17, 15) is 18.0 Å². The topological polar surface area (TPSA) is 92.8 Å². The van der Waals surface area contributed by atoms with Gasteiger partial charge >= 0.3 is 12.3 Å². The van der Waals surface area contributed by atoms with Crippen LogP contribution in [0.2, 0.25) is 0 Å². The van der Waals surface area contributed by atoms with E-state index >= 15 is 0 Å². The minimum Gasteiger partial charge on any atom is -0.399 e. The van der Waals surface area contributed by atoms with Crippen molar-refractivity contribution in [2.45, 2.75) is 57.0 Å². The summed E-state index contributed by atoms with van der Waals surface area (Å²) in [5.41, 5.74) is 3.02. The Morgan fingerprint density at radius 2 is 1.79 bits per heavy atom. The fourth-order valence-electron chi connectivity index (χ4n) is 4.19. The normalized spacial score (nSPS) is 12.5. The van der Waals surface area contributed by atoms with Gasteiger partial charge in [-0.1, -0.05) is 31.2 Å². The van der Waals surface area contributed by atoms with E-state index < -0.39 is 17.8 Å². The number of aromatic amines is 1. The molecule has 1 unspecified atom stereocenters. The van der Waals surface area contributed by atoms with E-state index in [-0.39, 0.29) is 11.8 Å². The van der Waals surface area contributed by atoms with E-state index in [0.717, 1.165) is 50.6 Å². The molecule has 0 fully saturated rings. The van der Waals surface area contributed by atoms with E-state index in [4.69, 9.17) is 4.74 Å². The molecule has 4 rings (SSSR count). The summed E-state index contributed by atoms with van der Waals surface area (Å²) >= 11 is 3.15. The van der Waals surface area contributed by atoms with E-state index in [1.807, 2.05) is 19.9 Å². The molecule has 0 aliphatic rings. The SMILES string of the molecule is Cc1cc(SC(CC(C)C)c2ccc(OC(=O)NCc3nn[nH]n3)s2)cc(C)c1-c1ccc(C(F)(F)F)cc1. The average Bonchev–Trinajstić information content (AvgIpc) is 3.54. The van der Waals surface area contributed by atoms with Crippen LogP contribution in [0.15, 0.2) is 53.4 Å². The Labute approximate surface area is 232 Å². The first-order chi connectivity index (χ1) is 18.5. The van der Waals surface area contributed by atoms with Gasteiger partial charge in [-0.2, -0.15) is 18.4 Å². The number of H-pyrrole nitrogens is 1. The van der Waals surface area contributed by atoms with E-state index in [0.29, 0.717) is 16.8 Å². The van der Waals surface area contributed by atoms with Crippen LogP contribution < -0.4 is 10.1 Å². The maximum Gasteiger partial charge on any atom is 0.416 e. The minimum absolute atomic E-state index is 0.0978. The third kappa shape index (κ3) is 7.60. The lowest BCUT2D eigenvalue weighted by Gasteiger charge is -2.19. The molecule has 0 aliphatic carbocycles. The zero-order valence-electron chi connectivity index (χ0n) is 21.8. The lowest BCUT2D eigenvalue weighted by atomic mass is 9.95. The second-order valence-electron chi connectivity index (χ2n) is 9.47. The van der Waals surface area contributed by atoms with Crippen molar-refractivity contribution in [2.75, 3.05) is 0 Å². The first-order valence-electron chi connectivity index (χ1n) is 12.2. The van der Waals surface area contributed by atoms with Crippen LogP contribution in [0.5, 0.6) is 5.06 Å². The highest BCUT2D eigenvalue weighted by molar-refractivity contribution is 7.99. The number of aryl methyl sites for hydroxylation is 2. The van der Waals surface area contributed by atoms with Crippen molar-refractivity contribution in [3.8, 4) is 16.2 Å². The number of benzene rings is 2. The zero-order chi connectivity index (χ0) is 28.2. The van der Waals surface area contributed by atoms with Crippen LogP contribution in [-0.4, -0.2) is 26.7 Å². The molecular formula is C27H28F3N5O2S2. The number of halogens is 3. The van der Waals surface area contributed by atoms with Crippen LogP contribution in [0, 0.1) is 19.8 Å². The van der Waals surface area contributed by atoms with Crippen molar-refractivity contribution < 1.29 is 22.7 Å². The number of nitrogens with one attached hydrogen (secondary N) is 2. The number of rotatable bonds is 9. The molecule has 2 aromatic heterocycles. The molecule has 0 aliphatic heterocycles. The van der Waals surface area contributed by atoms with E-state index in [2.05, 4.69) is 51.9 Å². The van der Waals surface area contributed by atoms with Gasteiger partial charge in [0.2, 0.25) is 0 Å². The molecule has 2 aromatic carbocycles. The van der Waals surface area contributed by atoms with Crippen LogP contribution in [0.4, 0.5) is 18.0 Å². The van der Waals surface area contributed by atoms with Gasteiger partial charge in [-0.05, 0) is 84.8 Å². The fraction of sp³-hybridized carbons (Fsp3) is 0.333. The number of aromatic nitrogens is 4. The van der Waals surface area contributed by atoms with Gasteiger partial charge in [-0.3, -0.25) is 0 Å². The number of amides is 1. The van der Waals surface area contributed by atoms with E-state index in [1.165, 1.54) is 23.5 Å². The largest absolute Gasteiger partial charge is 0.416 e. The third-order valence-electron chi connectivity index (χ3n) is 5.86. The molecule has 39 heavy (non-hydrogen) atoms. The van der Waals surface area contributed by atoms with Crippen LogP contribution in [0.1, 0.15) is 52.9 Å². The van der Waals surface area contributed by atoms with Gasteiger partial charge in [0.05, 0.1) is 12.1 Å². The Kier molecular flexibility index (Phi) is 8.96. The van der Waals surface area contributed by atoms with Crippen molar-refractivity contribution >= 4 is 29.2 Å². The second-order valence-corrected chi connectivity index (χ2v) is 11.8. The summed E-state index contributed by atoms with van der Waals surface area (Å²) in [4.78, 5) is 14.3. The van der Waals surface area contributed by atoms with Crippen molar-refractivity contribution in [3.05, 3.63) is 75.9 Å². The number of thioether (sulfide) groups is 1. The van der Waals surface area contributed by atoms with Gasteiger partial charge in [0.25, 0.3) is 0 Å². The summed E-state index contributed by atoms with van der Waals surface area (Å²) in [5, 5.41) is 16.5. The predicted molar refractivity (Wildman–Crippen MR) is 146 cm³/mol. The highest BCUT2D eigenvalue weighted by Crippen LogP contribution is 2.45. The highest BCUT2D eigenvalue weighted by atomic mass is 32.2. The van der Waals surface area contributed by atoms with Crippen molar-refractivity contribution in [2.24, 2.45) is 5.92 Å². The number of carbonyl (C=O) groups excluding carboxylic acids is 1. The number of nitrogens with zero attached hydrogens (tertiary/aromatic N) is 3. The Hall–Kier alpha value is -3.38. The number of carbonyl (C=O) groups is 1. The smallest absolute Gasteiger partial charge is 0.399 e. The summed E-state index contributed by atoms with van der Waals surface area (Å²) in [6.07, 6.45) is -4.06. The van der Waals surface area contributed by atoms with Gasteiger partial charge < -0.3 is 10.1 Å². The second kappa shape index (κ2) is 12.2. The summed E-state index contributed by atoms with van der Waals surface area (Å²) in [5.74, 6) is 0.781. The molecule has 7 nitrogen and oxygen atoms in total. The molecule has 206 valence electrons. The van der Waals surface area contributed by atoms with Gasteiger partial charge in [0, 0.05) is 15.0 Å². The summed E-state index contributed by atoms with van der Waals surface area (Å²) in [6, 6.07) is 13.2. The Bertz CT molecular complexity index is 1380. The van der Waals surface area contributed by atoms with Gasteiger partial charge in [0.1, 0.15) is 0 Å². The number of tetrazole rings is 1. The molecule has 2 N–H and O–H groups in total. The van der Waals surface area contributed by atoms with Gasteiger partial charge in [0.15, 0.2) is 10.9 Å². The molecule has 2 heterocycles. The van der Waals surface area contributed by atoms with Crippen LogP contribution in [0.25, 0.3) is 11.1 Å². The quantitative estimate of drug-likeness (QED) is 0.198. The summed E-state index contributed by atoms with van der Waals surface area (Å²) in [6.45, 7) is 8.38. The van der Waals surface area contributed by atoms with Gasteiger partial charge in [-0.25, -0.2) is 4.79 Å².